The van der Waals surface area contributed by atoms with Crippen molar-refractivity contribution in [3.05, 3.63) is 36.0 Å². The average Bonchev–Trinajstić information content (AvgIpc) is 2.54. The third-order valence-electron chi connectivity index (χ3n) is 4.38. The number of nitrogens with two attached hydrogens (primary N) is 1. The zero-order chi connectivity index (χ0) is 14.7. The van der Waals surface area contributed by atoms with Gasteiger partial charge in [0.1, 0.15) is 5.82 Å². The lowest BCUT2D eigenvalue weighted by molar-refractivity contribution is 0.0656. The second-order valence-electron chi connectivity index (χ2n) is 5.83. The van der Waals surface area contributed by atoms with Crippen LogP contribution in [0.4, 0.5) is 5.82 Å². The molecule has 0 amide bonds. The van der Waals surface area contributed by atoms with Gasteiger partial charge >= 0.3 is 0 Å². The summed E-state index contributed by atoms with van der Waals surface area (Å²) >= 11 is 0. The summed E-state index contributed by atoms with van der Waals surface area (Å²) in [7, 11) is 0. The molecule has 1 unspecified atom stereocenters. The van der Waals surface area contributed by atoms with Crippen molar-refractivity contribution < 1.29 is 4.74 Å². The molecular weight excluding hydrogens is 262 g/mol. The number of benzene rings is 1. The van der Waals surface area contributed by atoms with Gasteiger partial charge in [-0.05, 0) is 43.2 Å². The molecular formula is C17H23N3O. The van der Waals surface area contributed by atoms with Crippen molar-refractivity contribution in [1.82, 2.24) is 10.3 Å². The molecule has 112 valence electrons. The van der Waals surface area contributed by atoms with Gasteiger partial charge in [-0.1, -0.05) is 24.3 Å². The summed E-state index contributed by atoms with van der Waals surface area (Å²) in [5.74, 6) is 1.32. The topological polar surface area (TPSA) is 60.2 Å². The van der Waals surface area contributed by atoms with Gasteiger partial charge in [0.05, 0.1) is 0 Å². The monoisotopic (exact) mass is 285 g/mol. The lowest BCUT2D eigenvalue weighted by atomic mass is 9.98. The van der Waals surface area contributed by atoms with E-state index in [1.54, 1.807) is 0 Å². The van der Waals surface area contributed by atoms with Gasteiger partial charge in [0.2, 0.25) is 0 Å². The summed E-state index contributed by atoms with van der Waals surface area (Å²) in [6, 6.07) is 8.48. The Kier molecular flexibility index (Phi) is 4.36. The van der Waals surface area contributed by atoms with Gasteiger partial charge in [-0.3, -0.25) is 0 Å². The Balaban J connectivity index is 1.75. The first-order valence-corrected chi connectivity index (χ1v) is 7.70. The number of nitrogens with one attached hydrogen (secondary N) is 1. The fourth-order valence-electron chi connectivity index (χ4n) is 2.99. The molecule has 0 spiro atoms. The molecule has 3 rings (SSSR count). The van der Waals surface area contributed by atoms with Crippen LogP contribution in [0.25, 0.3) is 10.8 Å². The predicted molar refractivity (Wildman–Crippen MR) is 86.1 cm³/mol. The van der Waals surface area contributed by atoms with Crippen LogP contribution in [0, 0.1) is 5.92 Å². The Morgan fingerprint density at radius 3 is 2.76 bits per heavy atom. The highest BCUT2D eigenvalue weighted by Crippen LogP contribution is 2.27. The van der Waals surface area contributed by atoms with E-state index in [4.69, 9.17) is 10.5 Å². The van der Waals surface area contributed by atoms with Crippen LogP contribution in [0.15, 0.2) is 30.5 Å². The first kappa shape index (κ1) is 14.3. The summed E-state index contributed by atoms with van der Waals surface area (Å²) in [6.45, 7) is 5.02. The molecule has 2 aromatic rings. The van der Waals surface area contributed by atoms with Gasteiger partial charge in [0.15, 0.2) is 0 Å². The van der Waals surface area contributed by atoms with Crippen LogP contribution in [0.5, 0.6) is 0 Å². The largest absolute Gasteiger partial charge is 0.383 e. The highest BCUT2D eigenvalue weighted by Gasteiger charge is 2.16. The molecule has 4 heteroatoms. The molecule has 0 aliphatic carbocycles. The number of hydrogen-bond acceptors (Lipinski definition) is 4. The lowest BCUT2D eigenvalue weighted by Gasteiger charge is -2.25. The fourth-order valence-corrected chi connectivity index (χ4v) is 2.99. The standard InChI is InChI=1S/C17H23N3O/c1-12(19-10-13-6-8-21-9-7-13)16-11-20-17(18)15-5-3-2-4-14(15)16/h2-5,11-13,19H,6-10H2,1H3,(H2,18,20). The number of anilines is 1. The molecule has 1 aromatic carbocycles. The maximum atomic E-state index is 5.97. The van der Waals surface area contributed by atoms with Gasteiger partial charge in [0.25, 0.3) is 0 Å². The van der Waals surface area contributed by atoms with E-state index in [-0.39, 0.29) is 6.04 Å². The number of ether oxygens (including phenoxy) is 1. The van der Waals surface area contributed by atoms with Crippen LogP contribution in [0.3, 0.4) is 0 Å². The highest BCUT2D eigenvalue weighted by atomic mass is 16.5. The SMILES string of the molecule is CC(NCC1CCOCC1)c1cnc(N)c2ccccc12. The van der Waals surface area contributed by atoms with Crippen molar-refractivity contribution in [2.75, 3.05) is 25.5 Å². The summed E-state index contributed by atoms with van der Waals surface area (Å²) < 4.78 is 5.41. The quantitative estimate of drug-likeness (QED) is 0.907. The van der Waals surface area contributed by atoms with Crippen LogP contribution in [0.1, 0.15) is 31.4 Å². The third kappa shape index (κ3) is 3.17. The normalized spacial score (nSPS) is 18.0. The molecule has 1 saturated heterocycles. The van der Waals surface area contributed by atoms with Crippen LogP contribution in [-0.2, 0) is 4.74 Å². The van der Waals surface area contributed by atoms with Crippen molar-refractivity contribution in [3.63, 3.8) is 0 Å². The minimum atomic E-state index is 0.269. The van der Waals surface area contributed by atoms with Gasteiger partial charge in [-0.2, -0.15) is 0 Å². The average molecular weight is 285 g/mol. The molecule has 1 aliphatic heterocycles. The van der Waals surface area contributed by atoms with Crippen LogP contribution in [-0.4, -0.2) is 24.7 Å². The number of nitrogen functional groups attached to an aromatic ring is 1. The molecule has 4 nitrogen and oxygen atoms in total. The van der Waals surface area contributed by atoms with E-state index in [0.717, 1.165) is 38.0 Å². The van der Waals surface area contributed by atoms with Crippen molar-refractivity contribution in [1.29, 1.82) is 0 Å². The number of aromatic nitrogens is 1. The number of pyridine rings is 1. The van der Waals surface area contributed by atoms with Gasteiger partial charge in [0, 0.05) is 30.8 Å². The molecule has 1 aromatic heterocycles. The molecule has 0 bridgehead atoms. The second-order valence-corrected chi connectivity index (χ2v) is 5.83. The Bertz CT molecular complexity index is 608. The zero-order valence-corrected chi connectivity index (χ0v) is 12.5. The maximum Gasteiger partial charge on any atom is 0.131 e. The summed E-state index contributed by atoms with van der Waals surface area (Å²) in [6.07, 6.45) is 4.21. The van der Waals surface area contributed by atoms with Gasteiger partial charge in [-0.15, -0.1) is 0 Å². The fraction of sp³-hybridized carbons (Fsp3) is 0.471. The number of fused-ring (bicyclic) bond motifs is 1. The zero-order valence-electron chi connectivity index (χ0n) is 12.5. The highest BCUT2D eigenvalue weighted by molar-refractivity contribution is 5.93. The maximum absolute atomic E-state index is 5.97. The second kappa shape index (κ2) is 6.41. The molecule has 2 heterocycles. The lowest BCUT2D eigenvalue weighted by Crippen LogP contribution is -2.29. The van der Waals surface area contributed by atoms with Crippen LogP contribution >= 0.6 is 0 Å². The number of nitrogens with zero attached hydrogens (tertiary/aromatic N) is 1. The van der Waals surface area contributed by atoms with Gasteiger partial charge in [-0.25, -0.2) is 4.98 Å². The minimum absolute atomic E-state index is 0.269. The smallest absolute Gasteiger partial charge is 0.131 e. The molecule has 0 saturated carbocycles. The van der Waals surface area contributed by atoms with Crippen LogP contribution < -0.4 is 11.1 Å². The van der Waals surface area contributed by atoms with E-state index in [1.807, 2.05) is 18.3 Å². The van der Waals surface area contributed by atoms with E-state index in [2.05, 4.69) is 29.4 Å². The molecule has 1 atom stereocenters. The molecule has 21 heavy (non-hydrogen) atoms. The van der Waals surface area contributed by atoms with Crippen molar-refractivity contribution >= 4 is 16.6 Å². The third-order valence-corrected chi connectivity index (χ3v) is 4.38. The Hall–Kier alpha value is -1.65. The van der Waals surface area contributed by atoms with Gasteiger partial charge < -0.3 is 15.8 Å². The van der Waals surface area contributed by atoms with Crippen LogP contribution in [0.2, 0.25) is 0 Å². The number of hydrogen-bond donors (Lipinski definition) is 2. The van der Waals surface area contributed by atoms with E-state index in [1.165, 1.54) is 10.9 Å². The van der Waals surface area contributed by atoms with E-state index >= 15 is 0 Å². The molecule has 1 fully saturated rings. The van der Waals surface area contributed by atoms with Crippen molar-refractivity contribution in [3.8, 4) is 0 Å². The van der Waals surface area contributed by atoms with E-state index in [0.29, 0.717) is 11.7 Å². The summed E-state index contributed by atoms with van der Waals surface area (Å²) in [4.78, 5) is 4.34. The summed E-state index contributed by atoms with van der Waals surface area (Å²) in [5, 5.41) is 5.87. The van der Waals surface area contributed by atoms with Crippen molar-refractivity contribution in [2.24, 2.45) is 5.92 Å². The number of rotatable bonds is 4. The molecule has 1 aliphatic rings. The first-order valence-electron chi connectivity index (χ1n) is 7.70. The molecule has 0 radical (unpaired) electrons. The predicted octanol–water partition coefficient (Wildman–Crippen LogP) is 2.89. The molecule has 3 N–H and O–H groups in total. The first-order chi connectivity index (χ1) is 10.3. The van der Waals surface area contributed by atoms with E-state index < -0.39 is 0 Å². The van der Waals surface area contributed by atoms with E-state index in [9.17, 15) is 0 Å². The minimum Gasteiger partial charge on any atom is -0.383 e. The van der Waals surface area contributed by atoms with Crippen molar-refractivity contribution in [2.45, 2.75) is 25.8 Å². The Morgan fingerprint density at radius 2 is 2.00 bits per heavy atom. The summed E-state index contributed by atoms with van der Waals surface area (Å²) in [5.41, 5.74) is 7.19. The Morgan fingerprint density at radius 1 is 1.29 bits per heavy atom. The Labute approximate surface area is 125 Å².